The molecular formula is C18H24N2O7. The first-order valence-corrected chi connectivity index (χ1v) is 8.28. The molecule has 9 nitrogen and oxygen atoms in total. The van der Waals surface area contributed by atoms with Gasteiger partial charge in [-0.25, -0.2) is 14.6 Å². The van der Waals surface area contributed by atoms with Crippen LogP contribution >= 0.6 is 0 Å². The highest BCUT2D eigenvalue weighted by Crippen LogP contribution is 2.20. The fraction of sp³-hybridized carbons (Fsp3) is 0.389. The summed E-state index contributed by atoms with van der Waals surface area (Å²) in [6, 6.07) is 7.98. The fourth-order valence-electron chi connectivity index (χ4n) is 2.00. The van der Waals surface area contributed by atoms with Gasteiger partial charge in [0, 0.05) is 18.3 Å². The van der Waals surface area contributed by atoms with Gasteiger partial charge in [0.1, 0.15) is 5.75 Å². The predicted octanol–water partition coefficient (Wildman–Crippen LogP) is 1.24. The SMILES string of the molecule is CCCCn1cnc(-c2ccc(OC)cc2)c1.O=C(O)C(O)C(O)C(=O)O. The molecule has 0 saturated heterocycles. The van der Waals surface area contributed by atoms with Gasteiger partial charge >= 0.3 is 11.9 Å². The van der Waals surface area contributed by atoms with E-state index in [2.05, 4.69) is 22.7 Å². The van der Waals surface area contributed by atoms with Gasteiger partial charge in [0.05, 0.1) is 19.1 Å². The van der Waals surface area contributed by atoms with Crippen LogP contribution in [0, 0.1) is 0 Å². The number of hydrogen-bond acceptors (Lipinski definition) is 6. The number of benzene rings is 1. The fourth-order valence-corrected chi connectivity index (χ4v) is 2.00. The zero-order valence-corrected chi connectivity index (χ0v) is 15.1. The summed E-state index contributed by atoms with van der Waals surface area (Å²) >= 11 is 0. The van der Waals surface area contributed by atoms with Crippen molar-refractivity contribution in [2.75, 3.05) is 7.11 Å². The van der Waals surface area contributed by atoms with Crippen molar-refractivity contribution >= 4 is 11.9 Å². The molecule has 1 aromatic carbocycles. The molecular weight excluding hydrogens is 356 g/mol. The lowest BCUT2D eigenvalue weighted by Gasteiger charge is -2.07. The molecule has 0 spiro atoms. The Bertz CT molecular complexity index is 710. The number of carbonyl (C=O) groups is 2. The van der Waals surface area contributed by atoms with Crippen LogP contribution in [-0.2, 0) is 16.1 Å². The molecule has 2 unspecified atom stereocenters. The van der Waals surface area contributed by atoms with E-state index in [9.17, 15) is 9.59 Å². The third kappa shape index (κ3) is 7.08. The summed E-state index contributed by atoms with van der Waals surface area (Å²) in [5.74, 6) is -2.66. The molecule has 2 aromatic rings. The predicted molar refractivity (Wildman–Crippen MR) is 96.4 cm³/mol. The summed E-state index contributed by atoms with van der Waals surface area (Å²) in [4.78, 5) is 24.0. The van der Waals surface area contributed by atoms with E-state index in [-0.39, 0.29) is 0 Å². The van der Waals surface area contributed by atoms with Crippen LogP contribution in [0.15, 0.2) is 36.8 Å². The van der Waals surface area contributed by atoms with Gasteiger partial charge in [0.15, 0.2) is 12.2 Å². The number of aromatic nitrogens is 2. The van der Waals surface area contributed by atoms with Crippen LogP contribution in [0.1, 0.15) is 19.8 Å². The molecule has 1 heterocycles. The number of carboxylic acids is 2. The van der Waals surface area contributed by atoms with Crippen LogP contribution in [0.2, 0.25) is 0 Å². The van der Waals surface area contributed by atoms with E-state index in [0.29, 0.717) is 0 Å². The van der Waals surface area contributed by atoms with Crippen molar-refractivity contribution < 1.29 is 34.8 Å². The van der Waals surface area contributed by atoms with Crippen molar-refractivity contribution in [2.24, 2.45) is 0 Å². The summed E-state index contributed by atoms with van der Waals surface area (Å²) in [7, 11) is 1.68. The highest BCUT2D eigenvalue weighted by atomic mass is 16.5. The number of aliphatic hydroxyl groups excluding tert-OH is 2. The van der Waals surface area contributed by atoms with E-state index in [1.54, 1.807) is 7.11 Å². The van der Waals surface area contributed by atoms with E-state index >= 15 is 0 Å². The Hall–Kier alpha value is -2.91. The molecule has 9 heteroatoms. The molecule has 0 radical (unpaired) electrons. The lowest BCUT2D eigenvalue weighted by molar-refractivity contribution is -0.165. The average molecular weight is 380 g/mol. The largest absolute Gasteiger partial charge is 0.497 e. The molecule has 0 aliphatic heterocycles. The molecule has 4 N–H and O–H groups in total. The van der Waals surface area contributed by atoms with Gasteiger partial charge in [0.2, 0.25) is 0 Å². The molecule has 2 atom stereocenters. The molecule has 0 aliphatic carbocycles. The third-order valence-corrected chi connectivity index (χ3v) is 3.59. The number of rotatable bonds is 8. The minimum Gasteiger partial charge on any atom is -0.497 e. The van der Waals surface area contributed by atoms with E-state index < -0.39 is 24.1 Å². The first-order valence-electron chi connectivity index (χ1n) is 8.28. The van der Waals surface area contributed by atoms with Crippen molar-refractivity contribution in [3.05, 3.63) is 36.8 Å². The van der Waals surface area contributed by atoms with Crippen molar-refractivity contribution in [2.45, 2.75) is 38.5 Å². The van der Waals surface area contributed by atoms with Crippen molar-refractivity contribution in [1.82, 2.24) is 9.55 Å². The van der Waals surface area contributed by atoms with Crippen molar-refractivity contribution in [1.29, 1.82) is 0 Å². The first-order chi connectivity index (χ1) is 12.8. The first kappa shape index (κ1) is 22.1. The van der Waals surface area contributed by atoms with Crippen LogP contribution in [-0.4, -0.2) is 61.2 Å². The summed E-state index contributed by atoms with van der Waals surface area (Å²) < 4.78 is 7.28. The van der Waals surface area contributed by atoms with Gasteiger partial charge in [-0.2, -0.15) is 0 Å². The number of aliphatic hydroxyl groups is 2. The summed E-state index contributed by atoms with van der Waals surface area (Å²) in [5, 5.41) is 32.5. The Labute approximate surface area is 156 Å². The standard InChI is InChI=1S/C14H18N2O.C4H6O6/c1-3-4-9-16-10-14(15-11-16)12-5-7-13(17-2)8-6-12;5-1(3(7)8)2(6)4(9)10/h5-8,10-11H,3-4,9H2,1-2H3;1-2,5-6H,(H,7,8)(H,9,10). The minimum absolute atomic E-state index is 0.874. The molecule has 0 aliphatic rings. The second-order valence-electron chi connectivity index (χ2n) is 5.64. The second-order valence-corrected chi connectivity index (χ2v) is 5.64. The molecule has 0 saturated carbocycles. The summed E-state index contributed by atoms with van der Waals surface area (Å²) in [6.45, 7) is 3.24. The van der Waals surface area contributed by atoms with Gasteiger partial charge in [0.25, 0.3) is 0 Å². The van der Waals surface area contributed by atoms with Gasteiger partial charge in [-0.05, 0) is 30.7 Å². The Morgan fingerprint density at radius 2 is 1.67 bits per heavy atom. The average Bonchev–Trinajstić information content (AvgIpc) is 3.14. The lowest BCUT2D eigenvalue weighted by Crippen LogP contribution is -2.39. The van der Waals surface area contributed by atoms with Crippen molar-refractivity contribution in [3.8, 4) is 17.0 Å². The molecule has 0 amide bonds. The monoisotopic (exact) mass is 380 g/mol. The summed E-state index contributed by atoms with van der Waals surface area (Å²) in [5.41, 5.74) is 2.14. The van der Waals surface area contributed by atoms with Crippen molar-refractivity contribution in [3.63, 3.8) is 0 Å². The number of carboxylic acid groups (broad SMARTS) is 2. The van der Waals surface area contributed by atoms with Crippen LogP contribution in [0.4, 0.5) is 0 Å². The van der Waals surface area contributed by atoms with Gasteiger partial charge < -0.3 is 29.7 Å². The van der Waals surface area contributed by atoms with E-state index in [1.807, 2.05) is 30.6 Å². The van der Waals surface area contributed by atoms with E-state index in [1.165, 1.54) is 12.8 Å². The van der Waals surface area contributed by atoms with Crippen LogP contribution in [0.25, 0.3) is 11.3 Å². The van der Waals surface area contributed by atoms with Gasteiger partial charge in [-0.3, -0.25) is 0 Å². The summed E-state index contributed by atoms with van der Waals surface area (Å²) in [6.07, 6.45) is 1.86. The molecule has 148 valence electrons. The number of methoxy groups -OCH3 is 1. The number of aliphatic carboxylic acids is 2. The van der Waals surface area contributed by atoms with E-state index in [0.717, 1.165) is 23.6 Å². The number of ether oxygens (including phenoxy) is 1. The Morgan fingerprint density at radius 1 is 1.11 bits per heavy atom. The quantitative estimate of drug-likeness (QED) is 0.536. The number of unbranched alkanes of at least 4 members (excludes halogenated alkanes) is 1. The number of imidazole rings is 1. The zero-order valence-electron chi connectivity index (χ0n) is 15.1. The number of aryl methyl sites for hydroxylation is 1. The van der Waals surface area contributed by atoms with Gasteiger partial charge in [-0.15, -0.1) is 0 Å². The smallest absolute Gasteiger partial charge is 0.335 e. The maximum absolute atomic E-state index is 9.77. The molecule has 0 fully saturated rings. The van der Waals surface area contributed by atoms with E-state index in [4.69, 9.17) is 25.2 Å². The zero-order chi connectivity index (χ0) is 20.4. The second kappa shape index (κ2) is 10.9. The highest BCUT2D eigenvalue weighted by molar-refractivity contribution is 5.83. The molecule has 1 aromatic heterocycles. The highest BCUT2D eigenvalue weighted by Gasteiger charge is 2.29. The maximum atomic E-state index is 9.77. The Kier molecular flexibility index (Phi) is 8.97. The topological polar surface area (TPSA) is 142 Å². The lowest BCUT2D eigenvalue weighted by atomic mass is 10.2. The van der Waals surface area contributed by atoms with Gasteiger partial charge in [-0.1, -0.05) is 13.3 Å². The van der Waals surface area contributed by atoms with Crippen LogP contribution < -0.4 is 4.74 Å². The molecule has 0 bridgehead atoms. The molecule has 27 heavy (non-hydrogen) atoms. The van der Waals surface area contributed by atoms with Crippen LogP contribution in [0.3, 0.4) is 0 Å². The maximum Gasteiger partial charge on any atom is 0.335 e. The normalized spacial score (nSPS) is 12.4. The molecule has 2 rings (SSSR count). The number of hydrogen-bond donors (Lipinski definition) is 4. The minimum atomic E-state index is -2.27. The number of nitrogens with zero attached hydrogens (tertiary/aromatic N) is 2. The van der Waals surface area contributed by atoms with Crippen LogP contribution in [0.5, 0.6) is 5.75 Å². The Morgan fingerprint density at radius 3 is 2.11 bits per heavy atom. The third-order valence-electron chi connectivity index (χ3n) is 3.59. The Balaban J connectivity index is 0.000000314.